The van der Waals surface area contributed by atoms with E-state index in [4.69, 9.17) is 11.6 Å². The van der Waals surface area contributed by atoms with E-state index >= 15 is 0 Å². The lowest BCUT2D eigenvalue weighted by molar-refractivity contribution is 0.376. The Kier molecular flexibility index (Phi) is 5.08. The summed E-state index contributed by atoms with van der Waals surface area (Å²) in [5.74, 6) is 1.34. The Morgan fingerprint density at radius 3 is 2.89 bits per heavy atom. The molecule has 2 rings (SSSR count). The zero-order chi connectivity index (χ0) is 13.0. The van der Waals surface area contributed by atoms with Gasteiger partial charge in [-0.3, -0.25) is 0 Å². The second kappa shape index (κ2) is 6.58. The van der Waals surface area contributed by atoms with Gasteiger partial charge in [-0.1, -0.05) is 37.6 Å². The molecule has 100 valence electrons. The molecule has 0 saturated carbocycles. The van der Waals surface area contributed by atoms with E-state index in [0.717, 1.165) is 30.3 Å². The molecule has 0 bridgehead atoms. The van der Waals surface area contributed by atoms with Crippen LogP contribution in [0.1, 0.15) is 50.2 Å². The molecule has 18 heavy (non-hydrogen) atoms. The highest BCUT2D eigenvalue weighted by Crippen LogP contribution is 2.28. The first-order chi connectivity index (χ1) is 8.70. The van der Waals surface area contributed by atoms with E-state index in [0.29, 0.717) is 5.92 Å². The van der Waals surface area contributed by atoms with E-state index in [2.05, 4.69) is 37.4 Å². The first-order valence-electron chi connectivity index (χ1n) is 7.19. The molecule has 1 aromatic carbocycles. The predicted octanol–water partition coefficient (Wildman–Crippen LogP) is 4.40. The molecule has 1 aromatic rings. The molecule has 2 heteroatoms. The quantitative estimate of drug-likeness (QED) is 0.851. The van der Waals surface area contributed by atoms with Crippen molar-refractivity contribution in [2.45, 2.75) is 45.4 Å². The monoisotopic (exact) mass is 265 g/mol. The van der Waals surface area contributed by atoms with E-state index in [9.17, 15) is 0 Å². The van der Waals surface area contributed by atoms with Crippen LogP contribution in [0.4, 0.5) is 0 Å². The van der Waals surface area contributed by atoms with Crippen LogP contribution in [-0.4, -0.2) is 13.1 Å². The van der Waals surface area contributed by atoms with Crippen LogP contribution in [0.3, 0.4) is 0 Å². The first kappa shape index (κ1) is 13.9. The largest absolute Gasteiger partial charge is 0.316 e. The summed E-state index contributed by atoms with van der Waals surface area (Å²) in [4.78, 5) is 0. The maximum Gasteiger partial charge on any atom is 0.0443 e. The molecular weight excluding hydrogens is 242 g/mol. The summed E-state index contributed by atoms with van der Waals surface area (Å²) in [6, 6.07) is 6.67. The molecule has 1 nitrogen and oxygen atoms in total. The smallest absolute Gasteiger partial charge is 0.0443 e. The van der Waals surface area contributed by atoms with Crippen molar-refractivity contribution in [2.75, 3.05) is 13.1 Å². The Morgan fingerprint density at radius 2 is 2.28 bits per heavy atom. The molecule has 0 amide bonds. The third kappa shape index (κ3) is 3.49. The van der Waals surface area contributed by atoms with Crippen LogP contribution in [0.15, 0.2) is 18.2 Å². The van der Waals surface area contributed by atoms with Crippen molar-refractivity contribution >= 4 is 11.6 Å². The molecule has 1 aliphatic rings. The minimum absolute atomic E-state index is 0.558. The minimum atomic E-state index is 0.558. The van der Waals surface area contributed by atoms with Crippen molar-refractivity contribution < 1.29 is 0 Å². The molecule has 0 aliphatic carbocycles. The van der Waals surface area contributed by atoms with Gasteiger partial charge in [0.05, 0.1) is 0 Å². The molecule has 1 N–H and O–H groups in total. The average molecular weight is 266 g/mol. The minimum Gasteiger partial charge on any atom is -0.316 e. The van der Waals surface area contributed by atoms with Crippen LogP contribution in [-0.2, 0) is 6.42 Å². The van der Waals surface area contributed by atoms with Gasteiger partial charge in [-0.15, -0.1) is 0 Å². The number of halogens is 1. The number of hydrogen-bond donors (Lipinski definition) is 1. The molecule has 1 fully saturated rings. The fraction of sp³-hybridized carbons (Fsp3) is 0.625. The van der Waals surface area contributed by atoms with Gasteiger partial charge in [0.1, 0.15) is 0 Å². The van der Waals surface area contributed by atoms with E-state index in [1.165, 1.54) is 30.5 Å². The molecular formula is C16H24ClN. The first-order valence-corrected chi connectivity index (χ1v) is 7.57. The van der Waals surface area contributed by atoms with Gasteiger partial charge in [-0.05, 0) is 67.8 Å². The fourth-order valence-electron chi connectivity index (χ4n) is 2.75. The Morgan fingerprint density at radius 1 is 1.44 bits per heavy atom. The highest BCUT2D eigenvalue weighted by atomic mass is 35.5. The van der Waals surface area contributed by atoms with E-state index in [-0.39, 0.29) is 0 Å². The van der Waals surface area contributed by atoms with Crippen LogP contribution >= 0.6 is 11.6 Å². The van der Waals surface area contributed by atoms with Crippen molar-refractivity contribution in [3.05, 3.63) is 34.3 Å². The van der Waals surface area contributed by atoms with Crippen LogP contribution in [0, 0.1) is 5.92 Å². The van der Waals surface area contributed by atoms with E-state index in [1.807, 2.05) is 0 Å². The van der Waals surface area contributed by atoms with Gasteiger partial charge in [0.2, 0.25) is 0 Å². The molecule has 0 aromatic heterocycles. The molecule has 0 radical (unpaired) electrons. The topological polar surface area (TPSA) is 12.0 Å². The van der Waals surface area contributed by atoms with Crippen molar-refractivity contribution in [1.29, 1.82) is 0 Å². The van der Waals surface area contributed by atoms with Gasteiger partial charge in [0.25, 0.3) is 0 Å². The van der Waals surface area contributed by atoms with Gasteiger partial charge >= 0.3 is 0 Å². The number of nitrogens with one attached hydrogen (secondary N) is 1. The summed E-state index contributed by atoms with van der Waals surface area (Å²) < 4.78 is 0. The summed E-state index contributed by atoms with van der Waals surface area (Å²) >= 11 is 6.41. The van der Waals surface area contributed by atoms with E-state index < -0.39 is 0 Å². The average Bonchev–Trinajstić information content (AvgIpc) is 2.39. The zero-order valence-corrected chi connectivity index (χ0v) is 12.3. The Bertz CT molecular complexity index is 383. The second-order valence-corrected chi connectivity index (χ2v) is 5.99. The highest BCUT2D eigenvalue weighted by molar-refractivity contribution is 6.31. The van der Waals surface area contributed by atoms with Gasteiger partial charge in [0.15, 0.2) is 0 Å². The van der Waals surface area contributed by atoms with Crippen molar-refractivity contribution in [2.24, 2.45) is 5.92 Å². The normalized spacial score (nSPS) is 21.8. The Hall–Kier alpha value is -0.530. The van der Waals surface area contributed by atoms with Gasteiger partial charge in [-0.25, -0.2) is 0 Å². The Labute approximate surface area is 116 Å². The van der Waals surface area contributed by atoms with E-state index in [1.54, 1.807) is 0 Å². The standard InChI is InChI=1S/C16H24ClN/c1-3-12(2)15-7-6-13(10-16(15)17)9-14-5-4-8-18-11-14/h6-7,10,12,14,18H,3-5,8-9,11H2,1-2H3. The van der Waals surface area contributed by atoms with Crippen molar-refractivity contribution in [3.8, 4) is 0 Å². The summed E-state index contributed by atoms with van der Waals surface area (Å²) in [5.41, 5.74) is 2.69. The maximum absolute atomic E-state index is 6.41. The van der Waals surface area contributed by atoms with Crippen molar-refractivity contribution in [1.82, 2.24) is 5.32 Å². The molecule has 1 aliphatic heterocycles. The summed E-state index contributed by atoms with van der Waals surface area (Å²) in [5, 5.41) is 4.43. The third-order valence-corrected chi connectivity index (χ3v) is 4.46. The molecule has 2 unspecified atom stereocenters. The summed E-state index contributed by atoms with van der Waals surface area (Å²) in [7, 11) is 0. The molecule has 2 atom stereocenters. The SMILES string of the molecule is CCC(C)c1ccc(CC2CCCNC2)cc1Cl. The number of piperidine rings is 1. The zero-order valence-electron chi connectivity index (χ0n) is 11.5. The fourth-order valence-corrected chi connectivity index (χ4v) is 3.14. The van der Waals surface area contributed by atoms with Crippen LogP contribution in [0.25, 0.3) is 0 Å². The van der Waals surface area contributed by atoms with Crippen LogP contribution < -0.4 is 5.32 Å². The number of benzene rings is 1. The molecule has 0 spiro atoms. The number of rotatable bonds is 4. The molecule has 1 heterocycles. The lowest BCUT2D eigenvalue weighted by Crippen LogP contribution is -2.30. The predicted molar refractivity (Wildman–Crippen MR) is 79.5 cm³/mol. The summed E-state index contributed by atoms with van der Waals surface area (Å²) in [6.07, 6.45) is 4.96. The lowest BCUT2D eigenvalue weighted by atomic mass is 9.90. The summed E-state index contributed by atoms with van der Waals surface area (Å²) in [6.45, 7) is 6.80. The molecule has 1 saturated heterocycles. The second-order valence-electron chi connectivity index (χ2n) is 5.58. The lowest BCUT2D eigenvalue weighted by Gasteiger charge is -2.23. The van der Waals surface area contributed by atoms with Gasteiger partial charge in [0, 0.05) is 5.02 Å². The Balaban J connectivity index is 2.03. The highest BCUT2D eigenvalue weighted by Gasteiger charge is 2.14. The maximum atomic E-state index is 6.41. The third-order valence-electron chi connectivity index (χ3n) is 4.13. The van der Waals surface area contributed by atoms with Crippen LogP contribution in [0.2, 0.25) is 5.02 Å². The van der Waals surface area contributed by atoms with Crippen molar-refractivity contribution in [3.63, 3.8) is 0 Å². The number of hydrogen-bond acceptors (Lipinski definition) is 1. The van der Waals surface area contributed by atoms with Gasteiger partial charge in [-0.2, -0.15) is 0 Å². The van der Waals surface area contributed by atoms with Gasteiger partial charge < -0.3 is 5.32 Å². The van der Waals surface area contributed by atoms with Crippen LogP contribution in [0.5, 0.6) is 0 Å².